The number of amides is 9. The molecule has 502 valence electrons. The molecule has 29 heteroatoms. The van der Waals surface area contributed by atoms with E-state index in [2.05, 4.69) is 54.4 Å². The minimum Gasteiger partial charge on any atom is -0.496 e. The van der Waals surface area contributed by atoms with Crippen molar-refractivity contribution in [3.8, 4) is 23.0 Å². The third-order valence-corrected chi connectivity index (χ3v) is 14.6. The Labute approximate surface area is 535 Å². The molecule has 0 radical (unpaired) electrons. The molecule has 0 spiro atoms. The fourth-order valence-corrected chi connectivity index (χ4v) is 9.51. The summed E-state index contributed by atoms with van der Waals surface area (Å²) in [6.07, 6.45) is 5.65. The van der Waals surface area contributed by atoms with Crippen LogP contribution in [0.15, 0.2) is 85.1 Å². The molecule has 4 rings (SSSR count). The Bertz CT molecular complexity index is 3170. The smallest absolute Gasteiger partial charge is 0.326 e. The Kier molecular flexibility index (Phi) is 32.2. The Morgan fingerprint density at radius 2 is 0.707 bits per heavy atom. The molecule has 9 amide bonds. The molecule has 0 fully saturated rings. The van der Waals surface area contributed by atoms with Crippen molar-refractivity contribution in [3.63, 3.8) is 0 Å². The molecule has 0 unspecified atom stereocenters. The fourth-order valence-electron chi connectivity index (χ4n) is 9.51. The number of rotatable bonds is 42. The number of carbonyl (C=O) groups excluding carboxylic acids is 8. The minimum absolute atomic E-state index is 0.0553. The van der Waals surface area contributed by atoms with Gasteiger partial charge in [-0.1, -0.05) is 13.0 Å². The number of anilines is 4. The number of unbranched alkanes of at least 4 members (excludes halogenated alkanes) is 4. The van der Waals surface area contributed by atoms with Crippen molar-refractivity contribution in [2.24, 2.45) is 34.4 Å². The maximum atomic E-state index is 14.3. The summed E-state index contributed by atoms with van der Waals surface area (Å²) in [4.78, 5) is 122. The number of carbonyl (C=O) groups is 9. The first-order chi connectivity index (χ1) is 44.1. The maximum absolute atomic E-state index is 14.3. The van der Waals surface area contributed by atoms with E-state index in [-0.39, 0.29) is 114 Å². The normalized spacial score (nSPS) is 12.4. The van der Waals surface area contributed by atoms with Crippen molar-refractivity contribution in [2.45, 2.75) is 120 Å². The van der Waals surface area contributed by atoms with Crippen molar-refractivity contribution in [2.75, 3.05) is 82.4 Å². The van der Waals surface area contributed by atoms with Crippen LogP contribution in [-0.2, 0) is 19.2 Å². The molecule has 0 aliphatic carbocycles. The minimum atomic E-state index is -1.36. The molecule has 29 nitrogen and oxygen atoms in total. The molecule has 22 N–H and O–H groups in total. The lowest BCUT2D eigenvalue weighted by Gasteiger charge is -2.22. The standard InChI is InChI=1S/C63H91N15O14/c1-37(46(68)15-6-10-28-64)71-38-20-24-51(89-2)42(33-38)55(79)75-47(16-7-11-29-65)59(83)72-39-21-25-52(90-3)43(34-39)56(80)76-48(17-8-12-30-66)60(84)73-40-22-26-53(91-4)44(35-40)57(81)77-49(18-9-13-31-67)61(85)74-41-23-27-54(92-5)45(36-41)58(82)78-50(62(86)87)19-14-32-70-63(69)88/h20-27,33-36,46-50,71H,1,6-19,28-32,64-68H2,2-5H3,(H,72,83)(H,73,84)(H,74,85)(H,75,79)(H,76,80)(H,77,81)(H,78,82)(H,86,87)(H3,69,70,88)/t46-,47-,48-,49-,50-/m0/s1. The van der Waals surface area contributed by atoms with Gasteiger partial charge in [0.05, 0.1) is 50.7 Å². The highest BCUT2D eigenvalue weighted by atomic mass is 16.5. The highest BCUT2D eigenvalue weighted by Gasteiger charge is 2.30. The van der Waals surface area contributed by atoms with Crippen molar-refractivity contribution < 1.29 is 67.2 Å². The summed E-state index contributed by atoms with van der Waals surface area (Å²) in [7, 11) is 5.38. The number of nitrogens with two attached hydrogens (primary N) is 6. The van der Waals surface area contributed by atoms with Crippen LogP contribution >= 0.6 is 0 Å². The summed E-state index contributed by atoms with van der Waals surface area (Å²) in [6.45, 7) is 5.61. The third-order valence-electron chi connectivity index (χ3n) is 14.6. The van der Waals surface area contributed by atoms with E-state index in [1.54, 1.807) is 18.2 Å². The van der Waals surface area contributed by atoms with Crippen LogP contribution in [0.1, 0.15) is 131 Å². The number of methoxy groups -OCH3 is 4. The summed E-state index contributed by atoms with van der Waals surface area (Å²) in [5.41, 5.74) is 35.8. The third kappa shape index (κ3) is 24.0. The second kappa shape index (κ2) is 39.6. The van der Waals surface area contributed by atoms with E-state index >= 15 is 0 Å². The Balaban J connectivity index is 1.55. The van der Waals surface area contributed by atoms with Gasteiger partial charge in [0.2, 0.25) is 17.7 Å². The molecular formula is C63H91N15O14. The fraction of sp³-hybridized carbons (Fsp3) is 0.444. The van der Waals surface area contributed by atoms with Gasteiger partial charge in [0.15, 0.2) is 0 Å². The Morgan fingerprint density at radius 3 is 0.989 bits per heavy atom. The van der Waals surface area contributed by atoms with E-state index < -0.39 is 77.5 Å². The lowest BCUT2D eigenvalue weighted by atomic mass is 10.0. The van der Waals surface area contributed by atoms with E-state index in [1.807, 2.05) is 0 Å². The SMILES string of the molecule is C=C(Nc1ccc(OC)c(C(=O)N[C@@H](CCCCN)C(=O)Nc2ccc(OC)c(C(=O)N[C@@H](CCCCN)C(=O)Nc3ccc(OC)c(C(=O)N[C@@H](CCCCN)C(=O)Nc4ccc(OC)c(C(=O)N[C@@H](CCCNC(N)=O)C(=O)O)c4)c3)c2)c1)[C@@H](N)CCCCN. The number of hydrogen-bond acceptors (Lipinski definition) is 19. The highest BCUT2D eigenvalue weighted by Crippen LogP contribution is 2.29. The first-order valence-corrected chi connectivity index (χ1v) is 30.3. The van der Waals surface area contributed by atoms with E-state index in [0.717, 1.165) is 12.8 Å². The number of carboxylic acids is 1. The number of nitrogens with one attached hydrogen (secondary N) is 9. The molecule has 0 saturated heterocycles. The van der Waals surface area contributed by atoms with Crippen LogP contribution < -0.4 is 101 Å². The lowest BCUT2D eigenvalue weighted by molar-refractivity contribution is -0.139. The van der Waals surface area contributed by atoms with Gasteiger partial charge in [-0.2, -0.15) is 0 Å². The number of primary amides is 1. The monoisotopic (exact) mass is 1280 g/mol. The molecule has 0 saturated carbocycles. The van der Waals surface area contributed by atoms with Crippen LogP contribution in [-0.4, -0.2) is 150 Å². The van der Waals surface area contributed by atoms with Crippen molar-refractivity contribution >= 4 is 76.1 Å². The number of benzene rings is 4. The Morgan fingerprint density at radius 1 is 0.424 bits per heavy atom. The molecule has 0 aliphatic heterocycles. The molecule has 5 atom stereocenters. The van der Waals surface area contributed by atoms with Gasteiger partial charge >= 0.3 is 12.0 Å². The largest absolute Gasteiger partial charge is 0.496 e. The van der Waals surface area contributed by atoms with E-state index in [1.165, 1.54) is 83.0 Å². The number of hydrogen-bond donors (Lipinski definition) is 16. The van der Waals surface area contributed by atoms with Crippen LogP contribution in [0.25, 0.3) is 0 Å². The summed E-state index contributed by atoms with van der Waals surface area (Å²) in [6, 6.07) is 11.6. The van der Waals surface area contributed by atoms with Gasteiger partial charge in [-0.3, -0.25) is 33.6 Å². The molecule has 0 heterocycles. The average Bonchev–Trinajstić information content (AvgIpc) is 1.10. The number of aliphatic carboxylic acids is 1. The number of ether oxygens (including phenoxy) is 4. The molecular weight excluding hydrogens is 1190 g/mol. The van der Waals surface area contributed by atoms with E-state index in [4.69, 9.17) is 53.3 Å². The maximum Gasteiger partial charge on any atom is 0.326 e. The summed E-state index contributed by atoms with van der Waals surface area (Å²) >= 11 is 0. The summed E-state index contributed by atoms with van der Waals surface area (Å²) in [5, 5.41) is 34.4. The van der Waals surface area contributed by atoms with Gasteiger partial charge in [-0.15, -0.1) is 0 Å². The second-order valence-corrected chi connectivity index (χ2v) is 21.4. The zero-order valence-corrected chi connectivity index (χ0v) is 52.7. The number of carboxylic acid groups (broad SMARTS) is 1. The van der Waals surface area contributed by atoms with Gasteiger partial charge in [0.25, 0.3) is 23.6 Å². The molecule has 4 aromatic carbocycles. The van der Waals surface area contributed by atoms with Gasteiger partial charge in [0.1, 0.15) is 47.2 Å². The lowest BCUT2D eigenvalue weighted by Crippen LogP contribution is -2.44. The van der Waals surface area contributed by atoms with Crippen LogP contribution in [0.2, 0.25) is 0 Å². The van der Waals surface area contributed by atoms with Gasteiger partial charge in [-0.25, -0.2) is 9.59 Å². The van der Waals surface area contributed by atoms with E-state index in [9.17, 15) is 48.3 Å². The van der Waals surface area contributed by atoms with Crippen LogP contribution in [0, 0.1) is 0 Å². The van der Waals surface area contributed by atoms with Gasteiger partial charge < -0.3 is 106 Å². The highest BCUT2D eigenvalue weighted by molar-refractivity contribution is 6.07. The van der Waals surface area contributed by atoms with Gasteiger partial charge in [0, 0.05) is 41.0 Å². The van der Waals surface area contributed by atoms with E-state index in [0.29, 0.717) is 76.0 Å². The Hall–Kier alpha value is -9.55. The zero-order valence-electron chi connectivity index (χ0n) is 52.7. The van der Waals surface area contributed by atoms with Crippen molar-refractivity contribution in [3.05, 3.63) is 107 Å². The predicted octanol–water partition coefficient (Wildman–Crippen LogP) is 3.33. The predicted molar refractivity (Wildman–Crippen MR) is 350 cm³/mol. The molecule has 0 aliphatic rings. The van der Waals surface area contributed by atoms with Crippen LogP contribution in [0.3, 0.4) is 0 Å². The average molecular weight is 1280 g/mol. The summed E-state index contributed by atoms with van der Waals surface area (Å²) in [5.74, 6) is -5.83. The van der Waals surface area contributed by atoms with Gasteiger partial charge in [-0.05, 0) is 182 Å². The van der Waals surface area contributed by atoms with Crippen molar-refractivity contribution in [1.82, 2.24) is 26.6 Å². The quantitative estimate of drug-likeness (QED) is 0.0283. The molecule has 0 bridgehead atoms. The zero-order chi connectivity index (χ0) is 67.7. The second-order valence-electron chi connectivity index (χ2n) is 21.4. The molecule has 0 aromatic heterocycles. The molecule has 92 heavy (non-hydrogen) atoms. The van der Waals surface area contributed by atoms with Crippen LogP contribution in [0.4, 0.5) is 27.5 Å². The topological polar surface area (TPSA) is 475 Å². The summed E-state index contributed by atoms with van der Waals surface area (Å²) < 4.78 is 22.0. The molecule has 4 aromatic rings. The van der Waals surface area contributed by atoms with Crippen LogP contribution in [0.5, 0.6) is 23.0 Å². The first kappa shape index (κ1) is 74.9. The number of urea groups is 1. The first-order valence-electron chi connectivity index (χ1n) is 30.3. The van der Waals surface area contributed by atoms with Crippen molar-refractivity contribution in [1.29, 1.82) is 0 Å².